The molecular formula is C30H26O12. The van der Waals surface area contributed by atoms with Crippen molar-refractivity contribution in [1.82, 2.24) is 0 Å². The van der Waals surface area contributed by atoms with Gasteiger partial charge in [-0.2, -0.15) is 0 Å². The van der Waals surface area contributed by atoms with Crippen molar-refractivity contribution < 1.29 is 54.1 Å². The van der Waals surface area contributed by atoms with Crippen molar-refractivity contribution in [3.8, 4) is 40.1 Å². The minimum atomic E-state index is -1.81. The number of carbonyl (C=O) groups excluding carboxylic acids is 1. The van der Waals surface area contributed by atoms with Crippen LogP contribution in [0, 0.1) is 0 Å². The molecule has 1 saturated heterocycles. The summed E-state index contributed by atoms with van der Waals surface area (Å²) < 4.78 is 22.6. The molecule has 12 heteroatoms. The summed E-state index contributed by atoms with van der Waals surface area (Å²) in [4.78, 5) is 25.9. The fourth-order valence-electron chi connectivity index (χ4n) is 4.53. The van der Waals surface area contributed by atoms with E-state index in [0.29, 0.717) is 5.56 Å². The number of carbonyl (C=O) groups is 1. The van der Waals surface area contributed by atoms with E-state index in [1.807, 2.05) is 0 Å². The minimum absolute atomic E-state index is 0.00628. The van der Waals surface area contributed by atoms with Crippen LogP contribution in [-0.4, -0.2) is 67.3 Å². The van der Waals surface area contributed by atoms with Crippen LogP contribution in [0.15, 0.2) is 76.0 Å². The van der Waals surface area contributed by atoms with E-state index in [0.717, 1.165) is 18.2 Å². The third kappa shape index (κ3) is 5.72. The average molecular weight is 579 g/mol. The number of rotatable bonds is 6. The number of hydrogen-bond donors (Lipinski definition) is 6. The van der Waals surface area contributed by atoms with Gasteiger partial charge in [-0.3, -0.25) is 4.79 Å². The fraction of sp³-hybridized carbons (Fsp3) is 0.200. The molecule has 3 aromatic carbocycles. The van der Waals surface area contributed by atoms with Gasteiger partial charge in [0.25, 0.3) is 0 Å². The number of hydrogen-bond acceptors (Lipinski definition) is 12. The second-order valence-corrected chi connectivity index (χ2v) is 9.61. The third-order valence-corrected chi connectivity index (χ3v) is 6.59. The summed E-state index contributed by atoms with van der Waals surface area (Å²) in [6, 6.07) is 13.7. The van der Waals surface area contributed by atoms with E-state index in [2.05, 4.69) is 0 Å². The number of ether oxygens (including phenoxy) is 3. The van der Waals surface area contributed by atoms with Gasteiger partial charge in [-0.05, 0) is 55.0 Å². The van der Waals surface area contributed by atoms with Gasteiger partial charge in [0.05, 0.1) is 6.10 Å². The molecular weight excluding hydrogens is 552 g/mol. The van der Waals surface area contributed by atoms with Crippen molar-refractivity contribution in [2.45, 2.75) is 37.6 Å². The second kappa shape index (κ2) is 11.4. The predicted molar refractivity (Wildman–Crippen MR) is 147 cm³/mol. The fourth-order valence-corrected chi connectivity index (χ4v) is 4.53. The highest BCUT2D eigenvalue weighted by Crippen LogP contribution is 2.37. The van der Waals surface area contributed by atoms with Crippen molar-refractivity contribution in [2.75, 3.05) is 0 Å². The Morgan fingerprint density at radius 1 is 0.905 bits per heavy atom. The lowest BCUT2D eigenvalue weighted by Crippen LogP contribution is -2.59. The molecule has 5 rings (SSSR count). The van der Waals surface area contributed by atoms with Crippen LogP contribution in [0.4, 0.5) is 0 Å². The van der Waals surface area contributed by atoms with Gasteiger partial charge in [0.15, 0.2) is 11.9 Å². The molecule has 0 amide bonds. The van der Waals surface area contributed by atoms with E-state index in [1.165, 1.54) is 49.4 Å². The lowest BCUT2D eigenvalue weighted by molar-refractivity contribution is -0.271. The lowest BCUT2D eigenvalue weighted by Gasteiger charge is -2.40. The number of aliphatic hydroxyl groups excluding tert-OH is 2. The SMILES string of the molecule is CC1OC(Oc2c(-c3ccc(O)cc3)oc3cc(O)cc(O)c3c2=O)C(O)C(O)C1OC(=O)C=Cc1cccc(O)c1. The first kappa shape index (κ1) is 28.5. The summed E-state index contributed by atoms with van der Waals surface area (Å²) >= 11 is 0. The molecule has 42 heavy (non-hydrogen) atoms. The number of aliphatic hydroxyl groups is 2. The van der Waals surface area contributed by atoms with E-state index >= 15 is 0 Å². The third-order valence-electron chi connectivity index (χ3n) is 6.59. The van der Waals surface area contributed by atoms with Gasteiger partial charge in [-0.1, -0.05) is 12.1 Å². The van der Waals surface area contributed by atoms with Crippen LogP contribution in [0.1, 0.15) is 12.5 Å². The Morgan fingerprint density at radius 2 is 1.64 bits per heavy atom. The van der Waals surface area contributed by atoms with E-state index in [4.69, 9.17) is 18.6 Å². The number of phenols is 4. The van der Waals surface area contributed by atoms with Crippen molar-refractivity contribution >= 4 is 23.0 Å². The molecule has 1 aliphatic rings. The maximum absolute atomic E-state index is 13.5. The van der Waals surface area contributed by atoms with Gasteiger partial charge in [0.2, 0.25) is 17.5 Å². The number of phenolic OH excluding ortho intramolecular Hbond substituents is 4. The normalized spacial score (nSPS) is 22.3. The topological polar surface area (TPSA) is 196 Å². The zero-order valence-electron chi connectivity index (χ0n) is 21.9. The number of benzene rings is 3. The lowest BCUT2D eigenvalue weighted by atomic mass is 9.99. The molecule has 6 N–H and O–H groups in total. The summed E-state index contributed by atoms with van der Waals surface area (Å²) in [6.45, 7) is 1.46. The Hall–Kier alpha value is -5.04. The van der Waals surface area contributed by atoms with Gasteiger partial charge < -0.3 is 49.3 Å². The van der Waals surface area contributed by atoms with Gasteiger partial charge in [-0.25, -0.2) is 4.79 Å². The smallest absolute Gasteiger partial charge is 0.331 e. The van der Waals surface area contributed by atoms with Crippen LogP contribution in [0.3, 0.4) is 0 Å². The molecule has 1 fully saturated rings. The first-order valence-corrected chi connectivity index (χ1v) is 12.7. The number of fused-ring (bicyclic) bond motifs is 1. The zero-order valence-corrected chi connectivity index (χ0v) is 21.9. The van der Waals surface area contributed by atoms with Crippen molar-refractivity contribution in [2.24, 2.45) is 0 Å². The zero-order chi connectivity index (χ0) is 30.1. The maximum atomic E-state index is 13.5. The van der Waals surface area contributed by atoms with Crippen LogP contribution in [-0.2, 0) is 14.3 Å². The van der Waals surface area contributed by atoms with Crippen molar-refractivity contribution in [3.05, 3.63) is 82.5 Å². The Kier molecular flexibility index (Phi) is 7.77. The van der Waals surface area contributed by atoms with Gasteiger partial charge >= 0.3 is 5.97 Å². The average Bonchev–Trinajstić information content (AvgIpc) is 2.94. The van der Waals surface area contributed by atoms with E-state index in [-0.39, 0.29) is 39.5 Å². The molecule has 0 bridgehead atoms. The molecule has 0 aliphatic carbocycles. The Balaban J connectivity index is 1.42. The predicted octanol–water partition coefficient (Wildman–Crippen LogP) is 2.75. The van der Waals surface area contributed by atoms with Crippen LogP contribution in [0.2, 0.25) is 0 Å². The highest BCUT2D eigenvalue weighted by molar-refractivity contribution is 5.88. The van der Waals surface area contributed by atoms with Crippen LogP contribution in [0.5, 0.6) is 28.7 Å². The van der Waals surface area contributed by atoms with E-state index in [9.17, 15) is 40.2 Å². The van der Waals surface area contributed by atoms with Crippen molar-refractivity contribution in [1.29, 1.82) is 0 Å². The summed E-state index contributed by atoms with van der Waals surface area (Å²) in [7, 11) is 0. The Bertz CT molecular complexity index is 1710. The summed E-state index contributed by atoms with van der Waals surface area (Å²) in [5.41, 5.74) is -0.264. The first-order valence-electron chi connectivity index (χ1n) is 12.7. The summed E-state index contributed by atoms with van der Waals surface area (Å²) in [6.07, 6.45) is -5.04. The highest BCUT2D eigenvalue weighted by Gasteiger charge is 2.46. The molecule has 5 unspecified atom stereocenters. The molecule has 4 aromatic rings. The Morgan fingerprint density at radius 3 is 2.36 bits per heavy atom. The molecule has 12 nitrogen and oxygen atoms in total. The molecule has 1 aromatic heterocycles. The second-order valence-electron chi connectivity index (χ2n) is 9.61. The molecule has 5 atom stereocenters. The molecule has 1 aliphatic heterocycles. The first-order chi connectivity index (χ1) is 20.0. The number of aromatic hydroxyl groups is 4. The number of esters is 1. The highest BCUT2D eigenvalue weighted by atomic mass is 16.7. The molecule has 218 valence electrons. The van der Waals surface area contributed by atoms with E-state index < -0.39 is 53.6 Å². The molecule has 2 heterocycles. The standard InChI is InChI=1S/C30H26O12/c1-14-27(41-22(35)10-5-15-3-2-4-18(32)11-15)25(37)26(38)30(39-14)42-29-24(36)23-20(34)12-19(33)13-21(23)40-28(29)16-6-8-17(31)9-7-16/h2-14,25-27,30-34,37-38H,1H3. The molecule has 0 saturated carbocycles. The molecule has 0 spiro atoms. The maximum Gasteiger partial charge on any atom is 0.331 e. The summed E-state index contributed by atoms with van der Waals surface area (Å²) in [5, 5.41) is 60.8. The van der Waals surface area contributed by atoms with Crippen molar-refractivity contribution in [3.63, 3.8) is 0 Å². The van der Waals surface area contributed by atoms with E-state index in [1.54, 1.807) is 12.1 Å². The quantitative estimate of drug-likeness (QED) is 0.145. The monoisotopic (exact) mass is 578 g/mol. The van der Waals surface area contributed by atoms with Crippen LogP contribution in [0.25, 0.3) is 28.4 Å². The van der Waals surface area contributed by atoms with Gasteiger partial charge in [0, 0.05) is 23.8 Å². The van der Waals surface area contributed by atoms with Gasteiger partial charge in [-0.15, -0.1) is 0 Å². The van der Waals surface area contributed by atoms with Crippen LogP contribution >= 0.6 is 0 Å². The largest absolute Gasteiger partial charge is 0.508 e. The van der Waals surface area contributed by atoms with Gasteiger partial charge in [0.1, 0.15) is 46.2 Å². The summed E-state index contributed by atoms with van der Waals surface area (Å²) in [5.74, 6) is -2.55. The Labute approximate surface area is 237 Å². The molecule has 0 radical (unpaired) electrons. The van der Waals surface area contributed by atoms with Crippen LogP contribution < -0.4 is 10.2 Å². The minimum Gasteiger partial charge on any atom is -0.508 e.